The molecular weight excluding hydrogens is 204 g/mol. The highest BCUT2D eigenvalue weighted by Gasteiger charge is 2.24. The molecule has 1 unspecified atom stereocenters. The molecule has 16 heavy (non-hydrogen) atoms. The predicted molar refractivity (Wildman–Crippen MR) is 62.5 cm³/mol. The van der Waals surface area contributed by atoms with Crippen LogP contribution in [0.2, 0.25) is 0 Å². The van der Waals surface area contributed by atoms with Crippen LogP contribution >= 0.6 is 0 Å². The van der Waals surface area contributed by atoms with Gasteiger partial charge < -0.3 is 10.4 Å². The normalized spacial score (nSPS) is 28.4. The number of rotatable bonds is 4. The van der Waals surface area contributed by atoms with Crippen molar-refractivity contribution in [1.29, 1.82) is 0 Å². The second-order valence-electron chi connectivity index (χ2n) is 5.12. The lowest BCUT2D eigenvalue weighted by atomic mass is 10.0. The van der Waals surface area contributed by atoms with E-state index in [0.29, 0.717) is 12.1 Å². The number of likely N-dealkylation sites (tertiary alicyclic amines) is 1. The Hall–Kier alpha value is -0.610. The predicted octanol–water partition coefficient (Wildman–Crippen LogP) is 1.07. The molecule has 1 heterocycles. The number of nitrogens with one attached hydrogen (secondary N) is 1. The SMILES string of the molecule is O=C(O)CN1CCCC(NC2CCCC2)C1. The number of carboxylic acid groups (broad SMARTS) is 1. The number of aliphatic carboxylic acids is 1. The summed E-state index contributed by atoms with van der Waals surface area (Å²) in [7, 11) is 0. The van der Waals surface area contributed by atoms with Crippen molar-refractivity contribution < 1.29 is 9.90 Å². The van der Waals surface area contributed by atoms with Crippen molar-refractivity contribution >= 4 is 5.97 Å². The molecule has 0 amide bonds. The van der Waals surface area contributed by atoms with E-state index in [9.17, 15) is 4.79 Å². The largest absolute Gasteiger partial charge is 0.480 e. The third-order valence-corrected chi connectivity index (χ3v) is 3.69. The second-order valence-corrected chi connectivity index (χ2v) is 5.12. The molecule has 0 spiro atoms. The highest BCUT2D eigenvalue weighted by molar-refractivity contribution is 5.69. The maximum atomic E-state index is 10.7. The molecule has 1 aliphatic carbocycles. The monoisotopic (exact) mass is 226 g/mol. The third kappa shape index (κ3) is 3.46. The molecule has 1 saturated carbocycles. The lowest BCUT2D eigenvalue weighted by Crippen LogP contribution is -2.49. The van der Waals surface area contributed by atoms with Crippen molar-refractivity contribution in [1.82, 2.24) is 10.2 Å². The molecule has 4 heteroatoms. The number of carbonyl (C=O) groups is 1. The summed E-state index contributed by atoms with van der Waals surface area (Å²) in [6, 6.07) is 1.20. The first kappa shape index (κ1) is 11.9. The maximum absolute atomic E-state index is 10.7. The van der Waals surface area contributed by atoms with Crippen molar-refractivity contribution in [3.63, 3.8) is 0 Å². The van der Waals surface area contributed by atoms with Crippen LogP contribution in [0.5, 0.6) is 0 Å². The van der Waals surface area contributed by atoms with Gasteiger partial charge in [-0.1, -0.05) is 12.8 Å². The van der Waals surface area contributed by atoms with E-state index in [1.165, 1.54) is 32.1 Å². The zero-order chi connectivity index (χ0) is 11.4. The molecule has 1 atom stereocenters. The molecule has 0 aromatic carbocycles. The molecule has 0 radical (unpaired) electrons. The summed E-state index contributed by atoms with van der Waals surface area (Å²) in [5, 5.41) is 12.5. The molecule has 0 aromatic rings. The number of piperidine rings is 1. The van der Waals surface area contributed by atoms with Gasteiger partial charge in [-0.25, -0.2) is 0 Å². The zero-order valence-corrected chi connectivity index (χ0v) is 9.82. The average Bonchev–Trinajstić information content (AvgIpc) is 2.70. The van der Waals surface area contributed by atoms with E-state index in [2.05, 4.69) is 10.2 Å². The molecule has 4 nitrogen and oxygen atoms in total. The highest BCUT2D eigenvalue weighted by atomic mass is 16.4. The number of nitrogens with zero attached hydrogens (tertiary/aromatic N) is 1. The summed E-state index contributed by atoms with van der Waals surface area (Å²) in [6.45, 7) is 2.04. The Kier molecular flexibility index (Phi) is 4.18. The Morgan fingerprint density at radius 2 is 1.88 bits per heavy atom. The highest BCUT2D eigenvalue weighted by Crippen LogP contribution is 2.20. The topological polar surface area (TPSA) is 52.6 Å². The van der Waals surface area contributed by atoms with Crippen LogP contribution in [0.3, 0.4) is 0 Å². The molecule has 0 bridgehead atoms. The fourth-order valence-corrected chi connectivity index (χ4v) is 2.95. The molecule has 92 valence electrons. The van der Waals surface area contributed by atoms with E-state index < -0.39 is 5.97 Å². The minimum absolute atomic E-state index is 0.197. The average molecular weight is 226 g/mol. The fourth-order valence-electron chi connectivity index (χ4n) is 2.95. The van der Waals surface area contributed by atoms with Crippen molar-refractivity contribution in [2.45, 2.75) is 50.6 Å². The quantitative estimate of drug-likeness (QED) is 0.753. The second kappa shape index (κ2) is 5.64. The minimum atomic E-state index is -0.707. The Balaban J connectivity index is 1.74. The Morgan fingerprint density at radius 3 is 2.56 bits per heavy atom. The van der Waals surface area contributed by atoms with Gasteiger partial charge in [0.1, 0.15) is 0 Å². The lowest BCUT2D eigenvalue weighted by Gasteiger charge is -2.33. The number of carboxylic acids is 1. The van der Waals surface area contributed by atoms with Crippen LogP contribution in [0.25, 0.3) is 0 Å². The van der Waals surface area contributed by atoms with Gasteiger partial charge in [-0.15, -0.1) is 0 Å². The molecule has 1 aliphatic heterocycles. The van der Waals surface area contributed by atoms with Gasteiger partial charge in [0, 0.05) is 18.6 Å². The van der Waals surface area contributed by atoms with Gasteiger partial charge in [0.15, 0.2) is 0 Å². The summed E-state index contributed by atoms with van der Waals surface area (Å²) in [4.78, 5) is 12.7. The van der Waals surface area contributed by atoms with Gasteiger partial charge in [-0.3, -0.25) is 9.69 Å². The molecular formula is C12H22N2O2. The summed E-state index contributed by atoms with van der Waals surface area (Å²) >= 11 is 0. The van der Waals surface area contributed by atoms with E-state index >= 15 is 0 Å². The Labute approximate surface area is 97.0 Å². The summed E-state index contributed by atoms with van der Waals surface area (Å²) in [6.07, 6.45) is 7.63. The van der Waals surface area contributed by atoms with Gasteiger partial charge in [0.25, 0.3) is 0 Å². The molecule has 2 fully saturated rings. The number of hydrogen-bond acceptors (Lipinski definition) is 3. The van der Waals surface area contributed by atoms with Crippen LogP contribution in [-0.2, 0) is 4.79 Å². The summed E-state index contributed by atoms with van der Waals surface area (Å²) in [5.41, 5.74) is 0. The first-order chi connectivity index (χ1) is 7.74. The molecule has 2 aliphatic rings. The van der Waals surface area contributed by atoms with Crippen LogP contribution in [0.4, 0.5) is 0 Å². The van der Waals surface area contributed by atoms with E-state index in [0.717, 1.165) is 19.5 Å². The van der Waals surface area contributed by atoms with Crippen LogP contribution < -0.4 is 5.32 Å². The van der Waals surface area contributed by atoms with Gasteiger partial charge in [-0.05, 0) is 32.2 Å². The molecule has 1 saturated heterocycles. The summed E-state index contributed by atoms with van der Waals surface area (Å²) in [5.74, 6) is -0.707. The van der Waals surface area contributed by atoms with Gasteiger partial charge in [-0.2, -0.15) is 0 Å². The van der Waals surface area contributed by atoms with E-state index in [1.807, 2.05) is 0 Å². The maximum Gasteiger partial charge on any atom is 0.317 e. The first-order valence-corrected chi connectivity index (χ1v) is 6.44. The Bertz CT molecular complexity index is 239. The van der Waals surface area contributed by atoms with Crippen LogP contribution in [0.1, 0.15) is 38.5 Å². The standard InChI is InChI=1S/C12H22N2O2/c15-12(16)9-14-7-3-6-11(8-14)13-10-4-1-2-5-10/h10-11,13H,1-9H2,(H,15,16). The van der Waals surface area contributed by atoms with E-state index in [1.54, 1.807) is 0 Å². The van der Waals surface area contributed by atoms with Crippen molar-refractivity contribution in [3.8, 4) is 0 Å². The van der Waals surface area contributed by atoms with Crippen LogP contribution in [0.15, 0.2) is 0 Å². The van der Waals surface area contributed by atoms with Crippen molar-refractivity contribution in [3.05, 3.63) is 0 Å². The fraction of sp³-hybridized carbons (Fsp3) is 0.917. The molecule has 2 rings (SSSR count). The van der Waals surface area contributed by atoms with Crippen molar-refractivity contribution in [2.24, 2.45) is 0 Å². The third-order valence-electron chi connectivity index (χ3n) is 3.69. The number of hydrogen-bond donors (Lipinski definition) is 2. The smallest absolute Gasteiger partial charge is 0.317 e. The van der Waals surface area contributed by atoms with E-state index in [-0.39, 0.29) is 6.54 Å². The van der Waals surface area contributed by atoms with Gasteiger partial charge in [0.2, 0.25) is 0 Å². The summed E-state index contributed by atoms with van der Waals surface area (Å²) < 4.78 is 0. The van der Waals surface area contributed by atoms with Crippen molar-refractivity contribution in [2.75, 3.05) is 19.6 Å². The Morgan fingerprint density at radius 1 is 1.19 bits per heavy atom. The van der Waals surface area contributed by atoms with Crippen LogP contribution in [-0.4, -0.2) is 47.7 Å². The van der Waals surface area contributed by atoms with Gasteiger partial charge in [0.05, 0.1) is 6.54 Å². The first-order valence-electron chi connectivity index (χ1n) is 6.44. The van der Waals surface area contributed by atoms with Gasteiger partial charge >= 0.3 is 5.97 Å². The van der Waals surface area contributed by atoms with Crippen LogP contribution in [0, 0.1) is 0 Å². The minimum Gasteiger partial charge on any atom is -0.480 e. The van der Waals surface area contributed by atoms with E-state index in [4.69, 9.17) is 5.11 Å². The molecule has 0 aromatic heterocycles. The lowest BCUT2D eigenvalue weighted by molar-refractivity contribution is -0.138. The zero-order valence-electron chi connectivity index (χ0n) is 9.82. The molecule has 2 N–H and O–H groups in total.